The summed E-state index contributed by atoms with van der Waals surface area (Å²) in [7, 11) is 0. The summed E-state index contributed by atoms with van der Waals surface area (Å²) in [5, 5.41) is 12.3. The van der Waals surface area contributed by atoms with Crippen molar-refractivity contribution in [3.63, 3.8) is 0 Å². The highest BCUT2D eigenvalue weighted by molar-refractivity contribution is 5.16. The van der Waals surface area contributed by atoms with Gasteiger partial charge in [-0.2, -0.15) is 0 Å². The third-order valence-corrected chi connectivity index (χ3v) is 3.01. The minimum absolute atomic E-state index is 0.234. The van der Waals surface area contributed by atoms with E-state index in [4.69, 9.17) is 5.11 Å². The van der Waals surface area contributed by atoms with Gasteiger partial charge in [-0.3, -0.25) is 0 Å². The molecule has 1 fully saturated rings. The third kappa shape index (κ3) is 3.33. The van der Waals surface area contributed by atoms with E-state index in [0.717, 1.165) is 12.3 Å². The Labute approximate surface area is 91.3 Å². The predicted molar refractivity (Wildman–Crippen MR) is 61.7 cm³/mol. The molecule has 0 aliphatic heterocycles. The molecule has 1 aliphatic carbocycles. The van der Waals surface area contributed by atoms with Crippen LogP contribution in [0.1, 0.15) is 18.4 Å². The summed E-state index contributed by atoms with van der Waals surface area (Å²) in [6, 6.07) is 11.1. The lowest BCUT2D eigenvalue weighted by Gasteiger charge is -2.17. The first-order valence-electron chi connectivity index (χ1n) is 5.78. The molecule has 82 valence electrons. The Morgan fingerprint density at radius 2 is 2.00 bits per heavy atom. The SMILES string of the molecule is OCCNC(Cc1ccccc1)C1CC1. The van der Waals surface area contributed by atoms with E-state index in [1.54, 1.807) is 0 Å². The first kappa shape index (κ1) is 10.7. The zero-order valence-electron chi connectivity index (χ0n) is 9.02. The zero-order valence-corrected chi connectivity index (χ0v) is 9.02. The molecule has 1 aromatic rings. The maximum absolute atomic E-state index is 8.82. The summed E-state index contributed by atoms with van der Waals surface area (Å²) in [5.41, 5.74) is 1.39. The van der Waals surface area contributed by atoms with E-state index in [2.05, 4.69) is 35.6 Å². The van der Waals surface area contributed by atoms with Crippen LogP contribution in [0.25, 0.3) is 0 Å². The van der Waals surface area contributed by atoms with Crippen molar-refractivity contribution in [1.82, 2.24) is 5.32 Å². The number of nitrogens with one attached hydrogen (secondary N) is 1. The van der Waals surface area contributed by atoms with Crippen LogP contribution >= 0.6 is 0 Å². The fraction of sp³-hybridized carbons (Fsp3) is 0.538. The molecule has 2 rings (SSSR count). The Kier molecular flexibility index (Phi) is 3.75. The van der Waals surface area contributed by atoms with Gasteiger partial charge in [-0.05, 0) is 30.7 Å². The lowest BCUT2D eigenvalue weighted by atomic mass is 10.0. The second-order valence-corrected chi connectivity index (χ2v) is 4.31. The molecular formula is C13H19NO. The van der Waals surface area contributed by atoms with E-state index in [0.29, 0.717) is 12.6 Å². The van der Waals surface area contributed by atoms with Crippen LogP contribution in [0.5, 0.6) is 0 Å². The molecule has 15 heavy (non-hydrogen) atoms. The van der Waals surface area contributed by atoms with E-state index >= 15 is 0 Å². The van der Waals surface area contributed by atoms with Crippen molar-refractivity contribution in [1.29, 1.82) is 0 Å². The minimum Gasteiger partial charge on any atom is -0.395 e. The van der Waals surface area contributed by atoms with Gasteiger partial charge in [0.1, 0.15) is 0 Å². The number of aliphatic hydroxyl groups is 1. The van der Waals surface area contributed by atoms with Crippen LogP contribution in [-0.4, -0.2) is 24.3 Å². The quantitative estimate of drug-likeness (QED) is 0.739. The average Bonchev–Trinajstić information content (AvgIpc) is 3.09. The van der Waals surface area contributed by atoms with Crippen molar-refractivity contribution >= 4 is 0 Å². The highest BCUT2D eigenvalue weighted by Gasteiger charge is 2.30. The molecule has 0 aromatic heterocycles. The van der Waals surface area contributed by atoms with Gasteiger partial charge in [-0.15, -0.1) is 0 Å². The molecule has 0 radical (unpaired) electrons. The van der Waals surface area contributed by atoms with E-state index < -0.39 is 0 Å². The first-order chi connectivity index (χ1) is 7.40. The monoisotopic (exact) mass is 205 g/mol. The summed E-state index contributed by atoms with van der Waals surface area (Å²) in [5.74, 6) is 0.830. The second-order valence-electron chi connectivity index (χ2n) is 4.31. The van der Waals surface area contributed by atoms with Gasteiger partial charge in [0.25, 0.3) is 0 Å². The molecule has 0 spiro atoms. The maximum atomic E-state index is 8.82. The highest BCUT2D eigenvalue weighted by atomic mass is 16.3. The van der Waals surface area contributed by atoms with Gasteiger partial charge in [-0.25, -0.2) is 0 Å². The van der Waals surface area contributed by atoms with Gasteiger partial charge in [0.05, 0.1) is 6.61 Å². The number of benzene rings is 1. The fourth-order valence-corrected chi connectivity index (χ4v) is 2.02. The van der Waals surface area contributed by atoms with Crippen LogP contribution in [0.4, 0.5) is 0 Å². The Morgan fingerprint density at radius 1 is 1.27 bits per heavy atom. The van der Waals surface area contributed by atoms with Crippen LogP contribution in [0.3, 0.4) is 0 Å². The molecule has 0 heterocycles. The molecule has 1 aromatic carbocycles. The van der Waals surface area contributed by atoms with Crippen molar-refractivity contribution in [2.75, 3.05) is 13.2 Å². The molecule has 0 saturated heterocycles. The van der Waals surface area contributed by atoms with Crippen molar-refractivity contribution in [3.05, 3.63) is 35.9 Å². The van der Waals surface area contributed by atoms with Crippen molar-refractivity contribution in [3.8, 4) is 0 Å². The number of aliphatic hydroxyl groups excluding tert-OH is 1. The molecule has 2 heteroatoms. The minimum atomic E-state index is 0.234. The van der Waals surface area contributed by atoms with Crippen LogP contribution in [0, 0.1) is 5.92 Å². The van der Waals surface area contributed by atoms with Gasteiger partial charge >= 0.3 is 0 Å². The topological polar surface area (TPSA) is 32.3 Å². The average molecular weight is 205 g/mol. The molecule has 2 nitrogen and oxygen atoms in total. The van der Waals surface area contributed by atoms with Crippen LogP contribution in [-0.2, 0) is 6.42 Å². The molecule has 0 bridgehead atoms. The summed E-state index contributed by atoms with van der Waals surface area (Å²) in [6.45, 7) is 0.950. The normalized spacial score (nSPS) is 17.7. The van der Waals surface area contributed by atoms with Gasteiger partial charge in [0.2, 0.25) is 0 Å². The van der Waals surface area contributed by atoms with Gasteiger partial charge in [-0.1, -0.05) is 30.3 Å². The van der Waals surface area contributed by atoms with Gasteiger partial charge in [0.15, 0.2) is 0 Å². The van der Waals surface area contributed by atoms with Crippen molar-refractivity contribution in [2.45, 2.75) is 25.3 Å². The molecule has 2 N–H and O–H groups in total. The summed E-state index contributed by atoms with van der Waals surface area (Å²) in [4.78, 5) is 0. The molecule has 1 saturated carbocycles. The molecule has 0 amide bonds. The van der Waals surface area contributed by atoms with Gasteiger partial charge in [0, 0.05) is 12.6 Å². The summed E-state index contributed by atoms with van der Waals surface area (Å²) < 4.78 is 0. The standard InChI is InChI=1S/C13H19NO/c15-9-8-14-13(12-6-7-12)10-11-4-2-1-3-5-11/h1-5,12-15H,6-10H2. The van der Waals surface area contributed by atoms with E-state index in [-0.39, 0.29) is 6.61 Å². The molecule has 1 unspecified atom stereocenters. The van der Waals surface area contributed by atoms with E-state index in [1.807, 2.05) is 0 Å². The van der Waals surface area contributed by atoms with Crippen LogP contribution in [0.2, 0.25) is 0 Å². The maximum Gasteiger partial charge on any atom is 0.0556 e. The summed E-state index contributed by atoms with van der Waals surface area (Å²) in [6.07, 6.45) is 3.78. The highest BCUT2D eigenvalue weighted by Crippen LogP contribution is 2.33. The van der Waals surface area contributed by atoms with E-state index in [1.165, 1.54) is 18.4 Å². The predicted octanol–water partition coefficient (Wildman–Crippen LogP) is 1.59. The molecule has 1 aliphatic rings. The van der Waals surface area contributed by atoms with Crippen LogP contribution in [0.15, 0.2) is 30.3 Å². The largest absolute Gasteiger partial charge is 0.395 e. The Morgan fingerprint density at radius 3 is 2.60 bits per heavy atom. The van der Waals surface area contributed by atoms with E-state index in [9.17, 15) is 0 Å². The van der Waals surface area contributed by atoms with Crippen molar-refractivity contribution < 1.29 is 5.11 Å². The molecular weight excluding hydrogens is 186 g/mol. The fourth-order valence-electron chi connectivity index (χ4n) is 2.02. The number of rotatable bonds is 6. The van der Waals surface area contributed by atoms with Crippen molar-refractivity contribution in [2.24, 2.45) is 5.92 Å². The lowest BCUT2D eigenvalue weighted by Crippen LogP contribution is -2.35. The Bertz CT molecular complexity index is 282. The smallest absolute Gasteiger partial charge is 0.0556 e. The Hall–Kier alpha value is -0.860. The Balaban J connectivity index is 1.88. The number of hydrogen-bond donors (Lipinski definition) is 2. The lowest BCUT2D eigenvalue weighted by molar-refractivity contribution is 0.279. The van der Waals surface area contributed by atoms with Crippen LogP contribution < -0.4 is 5.32 Å². The molecule has 1 atom stereocenters. The summed E-state index contributed by atoms with van der Waals surface area (Å²) >= 11 is 0. The second kappa shape index (κ2) is 5.29. The third-order valence-electron chi connectivity index (χ3n) is 3.01. The first-order valence-corrected chi connectivity index (χ1v) is 5.78. The zero-order chi connectivity index (χ0) is 10.5. The van der Waals surface area contributed by atoms with Gasteiger partial charge < -0.3 is 10.4 Å². The number of hydrogen-bond acceptors (Lipinski definition) is 2.